The largest absolute Gasteiger partial charge is 0.451 e. The van der Waals surface area contributed by atoms with Crippen LogP contribution in [0, 0.1) is 17.2 Å². The number of thiophene rings is 1. The summed E-state index contributed by atoms with van der Waals surface area (Å²) >= 11 is 1.44. The fourth-order valence-corrected chi connectivity index (χ4v) is 4.19. The van der Waals surface area contributed by atoms with Crippen molar-refractivity contribution in [2.45, 2.75) is 26.2 Å². The Morgan fingerprint density at radius 2 is 2.32 bits per heavy atom. The number of nitriles is 1. The Morgan fingerprint density at radius 1 is 1.48 bits per heavy atom. The van der Waals surface area contributed by atoms with Crippen LogP contribution in [-0.2, 0) is 22.4 Å². The van der Waals surface area contributed by atoms with Gasteiger partial charge in [-0.05, 0) is 42.9 Å². The molecule has 6 nitrogen and oxygen atoms in total. The summed E-state index contributed by atoms with van der Waals surface area (Å²) in [7, 11) is 0. The predicted molar refractivity (Wildman–Crippen MR) is 93.4 cm³/mol. The number of anilines is 1. The highest BCUT2D eigenvalue weighted by Gasteiger charge is 2.24. The van der Waals surface area contributed by atoms with Gasteiger partial charge in [0.15, 0.2) is 6.61 Å². The summed E-state index contributed by atoms with van der Waals surface area (Å²) in [6.45, 7) is 1.77. The Bertz CT molecular complexity index is 839. The van der Waals surface area contributed by atoms with Crippen LogP contribution in [0.3, 0.4) is 0 Å². The van der Waals surface area contributed by atoms with E-state index in [0.29, 0.717) is 16.5 Å². The highest BCUT2D eigenvalue weighted by atomic mass is 32.1. The number of carbonyl (C=O) groups is 2. The lowest BCUT2D eigenvalue weighted by Crippen LogP contribution is -2.21. The molecule has 2 aromatic heterocycles. The van der Waals surface area contributed by atoms with Crippen molar-refractivity contribution in [3.05, 3.63) is 46.1 Å². The zero-order valence-corrected chi connectivity index (χ0v) is 14.6. The van der Waals surface area contributed by atoms with E-state index in [0.717, 1.165) is 29.7 Å². The minimum atomic E-state index is -0.657. The zero-order chi connectivity index (χ0) is 17.8. The number of esters is 1. The molecule has 0 bridgehead atoms. The number of aromatic nitrogens is 1. The van der Waals surface area contributed by atoms with Gasteiger partial charge in [0, 0.05) is 11.1 Å². The molecule has 3 rings (SSSR count). The Labute approximate surface area is 149 Å². The van der Waals surface area contributed by atoms with E-state index in [4.69, 9.17) is 4.74 Å². The van der Waals surface area contributed by atoms with Crippen LogP contribution < -0.4 is 5.32 Å². The Kier molecular flexibility index (Phi) is 5.10. The van der Waals surface area contributed by atoms with Gasteiger partial charge < -0.3 is 10.1 Å². The fourth-order valence-electron chi connectivity index (χ4n) is 2.81. The first kappa shape index (κ1) is 17.1. The summed E-state index contributed by atoms with van der Waals surface area (Å²) in [5, 5.41) is 12.7. The second-order valence-corrected chi connectivity index (χ2v) is 7.11. The Balaban J connectivity index is 1.64. The van der Waals surface area contributed by atoms with Crippen LogP contribution in [0.4, 0.5) is 5.00 Å². The van der Waals surface area contributed by atoms with Crippen molar-refractivity contribution < 1.29 is 14.3 Å². The number of amides is 1. The third-order valence-electron chi connectivity index (χ3n) is 4.08. The number of fused-ring (bicyclic) bond motifs is 1. The third-order valence-corrected chi connectivity index (χ3v) is 5.25. The molecular formula is C18H17N3O3S. The SMILES string of the molecule is C[C@@H]1CCc2c(sc(NC(=O)COC(=O)c3ccccn3)c2C#N)C1. The molecule has 0 saturated carbocycles. The van der Waals surface area contributed by atoms with Crippen molar-refractivity contribution >= 4 is 28.2 Å². The lowest BCUT2D eigenvalue weighted by molar-refractivity contribution is -0.119. The van der Waals surface area contributed by atoms with Crippen molar-refractivity contribution in [1.29, 1.82) is 5.26 Å². The molecule has 25 heavy (non-hydrogen) atoms. The number of hydrogen-bond acceptors (Lipinski definition) is 6. The van der Waals surface area contributed by atoms with E-state index >= 15 is 0 Å². The van der Waals surface area contributed by atoms with Gasteiger partial charge in [0.25, 0.3) is 5.91 Å². The zero-order valence-electron chi connectivity index (χ0n) is 13.7. The van der Waals surface area contributed by atoms with Gasteiger partial charge in [-0.1, -0.05) is 13.0 Å². The molecule has 0 spiro atoms. The van der Waals surface area contributed by atoms with Gasteiger partial charge in [0.1, 0.15) is 16.8 Å². The number of rotatable bonds is 4. The third kappa shape index (κ3) is 3.86. The molecule has 0 aromatic carbocycles. The summed E-state index contributed by atoms with van der Waals surface area (Å²) in [6.07, 6.45) is 4.32. The second-order valence-electron chi connectivity index (χ2n) is 6.01. The number of ether oxygens (including phenoxy) is 1. The maximum atomic E-state index is 12.1. The molecule has 0 saturated heterocycles. The van der Waals surface area contributed by atoms with Crippen molar-refractivity contribution in [2.75, 3.05) is 11.9 Å². The van der Waals surface area contributed by atoms with Crippen LogP contribution in [-0.4, -0.2) is 23.5 Å². The van der Waals surface area contributed by atoms with Gasteiger partial charge in [-0.25, -0.2) is 9.78 Å². The molecule has 2 aromatic rings. The van der Waals surface area contributed by atoms with Crippen LogP contribution in [0.1, 0.15) is 39.8 Å². The molecule has 0 aliphatic heterocycles. The molecule has 1 aliphatic rings. The van der Waals surface area contributed by atoms with Crippen molar-refractivity contribution in [3.8, 4) is 6.07 Å². The van der Waals surface area contributed by atoms with E-state index in [1.807, 2.05) is 0 Å². The maximum absolute atomic E-state index is 12.1. The highest BCUT2D eigenvalue weighted by Crippen LogP contribution is 2.39. The van der Waals surface area contributed by atoms with Gasteiger partial charge in [-0.3, -0.25) is 4.79 Å². The first-order valence-corrected chi connectivity index (χ1v) is 8.82. The van der Waals surface area contributed by atoms with Crippen molar-refractivity contribution in [1.82, 2.24) is 4.98 Å². The lowest BCUT2D eigenvalue weighted by Gasteiger charge is -2.17. The number of hydrogen-bond donors (Lipinski definition) is 1. The molecule has 1 amide bonds. The number of pyridine rings is 1. The fraction of sp³-hybridized carbons (Fsp3) is 0.333. The van der Waals surface area contributed by atoms with Gasteiger partial charge >= 0.3 is 5.97 Å². The summed E-state index contributed by atoms with van der Waals surface area (Å²) in [6, 6.07) is 7.06. The van der Waals surface area contributed by atoms with Gasteiger partial charge in [0.05, 0.1) is 5.56 Å². The quantitative estimate of drug-likeness (QED) is 0.851. The molecule has 128 valence electrons. The summed E-state index contributed by atoms with van der Waals surface area (Å²) in [5.41, 5.74) is 1.73. The van der Waals surface area contributed by atoms with E-state index in [1.165, 1.54) is 23.6 Å². The molecule has 1 N–H and O–H groups in total. The van der Waals surface area contributed by atoms with Crippen molar-refractivity contribution in [2.24, 2.45) is 5.92 Å². The predicted octanol–water partition coefficient (Wildman–Crippen LogP) is 2.94. The van der Waals surface area contributed by atoms with E-state index in [9.17, 15) is 14.9 Å². The van der Waals surface area contributed by atoms with Crippen LogP contribution in [0.15, 0.2) is 24.4 Å². The average molecular weight is 355 g/mol. The minimum absolute atomic E-state index is 0.147. The molecule has 1 atom stereocenters. The van der Waals surface area contributed by atoms with Gasteiger partial charge in [-0.15, -0.1) is 11.3 Å². The normalized spacial score (nSPS) is 15.8. The standard InChI is InChI=1S/C18H17N3O3S/c1-11-5-6-12-13(9-19)17(25-15(12)8-11)21-16(22)10-24-18(23)14-4-2-3-7-20-14/h2-4,7,11H,5-6,8,10H2,1H3,(H,21,22)/t11-/m1/s1. The van der Waals surface area contributed by atoms with E-state index in [2.05, 4.69) is 23.3 Å². The summed E-state index contributed by atoms with van der Waals surface area (Å²) in [5.74, 6) is -0.538. The molecule has 2 heterocycles. The van der Waals surface area contributed by atoms with Crippen LogP contribution in [0.25, 0.3) is 0 Å². The van der Waals surface area contributed by atoms with Gasteiger partial charge in [0.2, 0.25) is 0 Å². The molecule has 7 heteroatoms. The van der Waals surface area contributed by atoms with Crippen molar-refractivity contribution in [3.63, 3.8) is 0 Å². The van der Waals surface area contributed by atoms with Crippen LogP contribution in [0.5, 0.6) is 0 Å². The molecule has 0 fully saturated rings. The Hall–Kier alpha value is -2.72. The van der Waals surface area contributed by atoms with Crippen LogP contribution in [0.2, 0.25) is 0 Å². The minimum Gasteiger partial charge on any atom is -0.451 e. The Morgan fingerprint density at radius 3 is 3.04 bits per heavy atom. The average Bonchev–Trinajstić information content (AvgIpc) is 2.96. The molecule has 0 unspecified atom stereocenters. The number of carbonyl (C=O) groups excluding carboxylic acids is 2. The molecular weight excluding hydrogens is 338 g/mol. The van der Waals surface area contributed by atoms with Crippen LogP contribution >= 0.6 is 11.3 Å². The second kappa shape index (κ2) is 7.45. The monoisotopic (exact) mass is 355 g/mol. The van der Waals surface area contributed by atoms with E-state index in [1.54, 1.807) is 12.1 Å². The summed E-state index contributed by atoms with van der Waals surface area (Å²) < 4.78 is 4.96. The highest BCUT2D eigenvalue weighted by molar-refractivity contribution is 7.16. The summed E-state index contributed by atoms with van der Waals surface area (Å²) in [4.78, 5) is 28.9. The number of nitrogens with one attached hydrogen (secondary N) is 1. The van der Waals surface area contributed by atoms with E-state index < -0.39 is 18.5 Å². The number of nitrogens with zero attached hydrogens (tertiary/aromatic N) is 2. The van der Waals surface area contributed by atoms with E-state index in [-0.39, 0.29) is 5.69 Å². The lowest BCUT2D eigenvalue weighted by atomic mass is 9.89. The topological polar surface area (TPSA) is 92.1 Å². The van der Waals surface area contributed by atoms with Gasteiger partial charge in [-0.2, -0.15) is 5.26 Å². The first-order valence-electron chi connectivity index (χ1n) is 8.01. The smallest absolute Gasteiger partial charge is 0.357 e. The first-order chi connectivity index (χ1) is 12.1. The molecule has 0 radical (unpaired) electrons. The maximum Gasteiger partial charge on any atom is 0.357 e. The molecule has 1 aliphatic carbocycles.